The molecule has 152 valence electrons. The fourth-order valence-corrected chi connectivity index (χ4v) is 2.79. The van der Waals surface area contributed by atoms with Crippen molar-refractivity contribution in [3.8, 4) is 0 Å². The molecule has 2 N–H and O–H groups in total. The van der Waals surface area contributed by atoms with Gasteiger partial charge >= 0.3 is 12.1 Å². The number of carbonyl (C=O) groups excluding carboxylic acids is 1. The Morgan fingerprint density at radius 1 is 1.32 bits per heavy atom. The van der Waals surface area contributed by atoms with Crippen LogP contribution in [0.25, 0.3) is 0 Å². The Labute approximate surface area is 158 Å². The Hall–Kier alpha value is -2.95. The zero-order valence-electron chi connectivity index (χ0n) is 14.9. The molecule has 1 amide bonds. The number of likely N-dealkylation sites (tertiary alicyclic amines) is 1. The maximum atomic E-state index is 12.5. The SMILES string of the molecule is Cn1cc(C[C@H]2[C@H](O)CCN2C(=O)c2ccccn2)cn1.O=C(O)C(F)(F)F. The van der Waals surface area contributed by atoms with Gasteiger partial charge in [-0.05, 0) is 30.5 Å². The van der Waals surface area contributed by atoms with Crippen molar-refractivity contribution in [1.82, 2.24) is 19.7 Å². The molecular weight excluding hydrogens is 381 g/mol. The van der Waals surface area contributed by atoms with Crippen LogP contribution in [-0.2, 0) is 18.3 Å². The number of rotatable bonds is 3. The zero-order chi connectivity index (χ0) is 20.9. The second kappa shape index (κ2) is 8.83. The predicted molar refractivity (Wildman–Crippen MR) is 90.3 cm³/mol. The minimum absolute atomic E-state index is 0.124. The summed E-state index contributed by atoms with van der Waals surface area (Å²) in [4.78, 5) is 27.3. The first kappa shape index (κ1) is 21.4. The van der Waals surface area contributed by atoms with Crippen molar-refractivity contribution in [1.29, 1.82) is 0 Å². The quantitative estimate of drug-likeness (QED) is 0.803. The smallest absolute Gasteiger partial charge is 0.475 e. The first-order chi connectivity index (χ1) is 13.1. The van der Waals surface area contributed by atoms with Gasteiger partial charge in [0.05, 0.1) is 18.3 Å². The second-order valence-electron chi connectivity index (χ2n) is 6.17. The highest BCUT2D eigenvalue weighted by molar-refractivity contribution is 5.92. The minimum atomic E-state index is -5.08. The van der Waals surface area contributed by atoms with Crippen LogP contribution in [0.1, 0.15) is 22.5 Å². The Balaban J connectivity index is 0.000000345. The average molecular weight is 400 g/mol. The van der Waals surface area contributed by atoms with E-state index < -0.39 is 18.2 Å². The number of aliphatic hydroxyl groups is 1. The summed E-state index contributed by atoms with van der Waals surface area (Å²) in [6.07, 6.45) is 0.911. The van der Waals surface area contributed by atoms with E-state index in [-0.39, 0.29) is 11.9 Å². The van der Waals surface area contributed by atoms with Gasteiger partial charge in [-0.1, -0.05) is 6.07 Å². The molecule has 3 rings (SSSR count). The monoisotopic (exact) mass is 400 g/mol. The number of aryl methyl sites for hydroxylation is 1. The van der Waals surface area contributed by atoms with Crippen LogP contribution in [0.2, 0.25) is 0 Å². The van der Waals surface area contributed by atoms with E-state index in [4.69, 9.17) is 9.90 Å². The van der Waals surface area contributed by atoms with Crippen LogP contribution in [-0.4, -0.2) is 66.6 Å². The lowest BCUT2D eigenvalue weighted by Gasteiger charge is -2.25. The molecule has 0 aliphatic carbocycles. The van der Waals surface area contributed by atoms with E-state index in [9.17, 15) is 23.1 Å². The summed E-state index contributed by atoms with van der Waals surface area (Å²) in [5, 5.41) is 21.4. The molecule has 0 spiro atoms. The van der Waals surface area contributed by atoms with Gasteiger partial charge in [-0.15, -0.1) is 0 Å². The van der Waals surface area contributed by atoms with E-state index in [1.165, 1.54) is 0 Å². The van der Waals surface area contributed by atoms with Crippen LogP contribution in [0.15, 0.2) is 36.8 Å². The van der Waals surface area contributed by atoms with E-state index >= 15 is 0 Å². The number of halogens is 3. The van der Waals surface area contributed by atoms with Crippen LogP contribution in [0.3, 0.4) is 0 Å². The van der Waals surface area contributed by atoms with Crippen LogP contribution < -0.4 is 0 Å². The number of aliphatic hydroxyl groups excluding tert-OH is 1. The standard InChI is InChI=1S/C15H18N4O2.C2HF3O2/c1-18-10-11(9-17-18)8-13-14(20)5-7-19(13)15(21)12-4-2-3-6-16-12;3-2(4,5)1(6)7/h2-4,6,9-10,13-14,20H,5,7-8H2,1H3;(H,6,7)/t13-,14+;/m0./s1. The van der Waals surface area contributed by atoms with Gasteiger partial charge in [0.15, 0.2) is 0 Å². The number of pyridine rings is 1. The summed E-state index contributed by atoms with van der Waals surface area (Å²) in [6.45, 7) is 0.557. The molecule has 0 bridgehead atoms. The summed E-state index contributed by atoms with van der Waals surface area (Å²) in [7, 11) is 1.85. The first-order valence-electron chi connectivity index (χ1n) is 8.27. The summed E-state index contributed by atoms with van der Waals surface area (Å²) in [6, 6.07) is 5.06. The number of alkyl halides is 3. The molecule has 2 aromatic heterocycles. The summed E-state index contributed by atoms with van der Waals surface area (Å²) in [5.74, 6) is -2.88. The van der Waals surface area contributed by atoms with Crippen molar-refractivity contribution in [3.63, 3.8) is 0 Å². The number of aliphatic carboxylic acids is 1. The molecule has 2 atom stereocenters. The van der Waals surface area contributed by atoms with Gasteiger partial charge in [0.25, 0.3) is 5.91 Å². The Morgan fingerprint density at radius 3 is 2.50 bits per heavy atom. The molecule has 2 aromatic rings. The van der Waals surface area contributed by atoms with Gasteiger partial charge in [0.2, 0.25) is 0 Å². The van der Waals surface area contributed by atoms with E-state index in [0.717, 1.165) is 5.56 Å². The number of nitrogens with zero attached hydrogens (tertiary/aromatic N) is 4. The fraction of sp³-hybridized carbons (Fsp3) is 0.412. The van der Waals surface area contributed by atoms with E-state index in [0.29, 0.717) is 25.1 Å². The predicted octanol–water partition coefficient (Wildman–Crippen LogP) is 1.27. The molecule has 3 heterocycles. The maximum Gasteiger partial charge on any atom is 0.490 e. The van der Waals surface area contributed by atoms with Crippen molar-refractivity contribution >= 4 is 11.9 Å². The number of aromatic nitrogens is 3. The Bertz CT molecular complexity index is 810. The number of hydrogen-bond acceptors (Lipinski definition) is 5. The summed E-state index contributed by atoms with van der Waals surface area (Å²) in [5.41, 5.74) is 1.44. The molecule has 1 aliphatic rings. The molecule has 1 saturated heterocycles. The summed E-state index contributed by atoms with van der Waals surface area (Å²) < 4.78 is 33.5. The maximum absolute atomic E-state index is 12.5. The molecule has 0 saturated carbocycles. The van der Waals surface area contributed by atoms with Gasteiger partial charge in [0, 0.05) is 26.0 Å². The van der Waals surface area contributed by atoms with Crippen molar-refractivity contribution in [3.05, 3.63) is 48.0 Å². The third kappa shape index (κ3) is 5.52. The lowest BCUT2D eigenvalue weighted by atomic mass is 10.0. The third-order valence-electron chi connectivity index (χ3n) is 4.10. The van der Waals surface area contributed by atoms with Crippen molar-refractivity contribution < 1.29 is 33.0 Å². The molecule has 11 heteroatoms. The highest BCUT2D eigenvalue weighted by atomic mass is 19.4. The third-order valence-corrected chi connectivity index (χ3v) is 4.10. The van der Waals surface area contributed by atoms with E-state index in [1.54, 1.807) is 40.2 Å². The van der Waals surface area contributed by atoms with Crippen molar-refractivity contribution in [2.45, 2.75) is 31.2 Å². The Kier molecular flexibility index (Phi) is 6.73. The molecule has 0 aromatic carbocycles. The number of amides is 1. The van der Waals surface area contributed by atoms with Crippen molar-refractivity contribution in [2.75, 3.05) is 6.54 Å². The van der Waals surface area contributed by atoms with Crippen LogP contribution in [0, 0.1) is 0 Å². The molecule has 28 heavy (non-hydrogen) atoms. The summed E-state index contributed by atoms with van der Waals surface area (Å²) >= 11 is 0. The van der Waals surface area contributed by atoms with Gasteiger partial charge in [-0.25, -0.2) is 4.79 Å². The highest BCUT2D eigenvalue weighted by Crippen LogP contribution is 2.23. The zero-order valence-corrected chi connectivity index (χ0v) is 14.9. The lowest BCUT2D eigenvalue weighted by molar-refractivity contribution is -0.192. The molecule has 1 aliphatic heterocycles. The second-order valence-corrected chi connectivity index (χ2v) is 6.17. The molecule has 0 unspecified atom stereocenters. The molecule has 0 radical (unpaired) electrons. The highest BCUT2D eigenvalue weighted by Gasteiger charge is 2.38. The van der Waals surface area contributed by atoms with Gasteiger partial charge in [-0.2, -0.15) is 18.3 Å². The van der Waals surface area contributed by atoms with Gasteiger partial charge in [-0.3, -0.25) is 14.5 Å². The lowest BCUT2D eigenvalue weighted by Crippen LogP contribution is -2.41. The minimum Gasteiger partial charge on any atom is -0.475 e. The topological polar surface area (TPSA) is 109 Å². The van der Waals surface area contributed by atoms with E-state index in [1.807, 2.05) is 13.2 Å². The van der Waals surface area contributed by atoms with Gasteiger partial charge < -0.3 is 15.1 Å². The number of hydrogen-bond donors (Lipinski definition) is 2. The first-order valence-corrected chi connectivity index (χ1v) is 8.27. The molecule has 1 fully saturated rings. The normalized spacial score (nSPS) is 19.1. The largest absolute Gasteiger partial charge is 0.490 e. The fourth-order valence-electron chi connectivity index (χ4n) is 2.79. The van der Waals surface area contributed by atoms with Gasteiger partial charge in [0.1, 0.15) is 5.69 Å². The van der Waals surface area contributed by atoms with Crippen LogP contribution in [0.4, 0.5) is 13.2 Å². The number of carbonyl (C=O) groups is 2. The number of carboxylic acid groups (broad SMARTS) is 1. The van der Waals surface area contributed by atoms with Crippen molar-refractivity contribution in [2.24, 2.45) is 7.05 Å². The van der Waals surface area contributed by atoms with Crippen LogP contribution in [0.5, 0.6) is 0 Å². The van der Waals surface area contributed by atoms with E-state index in [2.05, 4.69) is 10.1 Å². The number of carboxylic acids is 1. The van der Waals surface area contributed by atoms with Crippen LogP contribution >= 0.6 is 0 Å². The Morgan fingerprint density at radius 2 is 2.00 bits per heavy atom. The molecule has 8 nitrogen and oxygen atoms in total. The average Bonchev–Trinajstić information content (AvgIpc) is 3.21. The molecular formula is C17H19F3N4O4.